The number of rotatable bonds is 4. The van der Waals surface area contributed by atoms with E-state index in [-0.39, 0.29) is 23.8 Å². The second-order valence-corrected chi connectivity index (χ2v) is 9.18. The summed E-state index contributed by atoms with van der Waals surface area (Å²) in [5.74, 6) is 0.453. The third kappa shape index (κ3) is 4.63. The van der Waals surface area contributed by atoms with E-state index in [4.69, 9.17) is 11.6 Å². The zero-order valence-electron chi connectivity index (χ0n) is 16.4. The van der Waals surface area contributed by atoms with Crippen LogP contribution in [0.15, 0.2) is 29.8 Å². The van der Waals surface area contributed by atoms with Crippen LogP contribution in [0.2, 0.25) is 5.02 Å². The molecule has 4 rings (SSSR count). The van der Waals surface area contributed by atoms with Gasteiger partial charge in [-0.3, -0.25) is 14.5 Å². The van der Waals surface area contributed by atoms with Crippen LogP contribution in [-0.2, 0) is 22.6 Å². The van der Waals surface area contributed by atoms with Crippen molar-refractivity contribution in [2.45, 2.75) is 38.8 Å². The van der Waals surface area contributed by atoms with Gasteiger partial charge >= 0.3 is 0 Å². The van der Waals surface area contributed by atoms with Gasteiger partial charge in [-0.1, -0.05) is 11.6 Å². The van der Waals surface area contributed by atoms with Crippen molar-refractivity contribution in [1.29, 1.82) is 0 Å². The first-order valence-corrected chi connectivity index (χ1v) is 11.3. The van der Waals surface area contributed by atoms with Crippen LogP contribution in [0.5, 0.6) is 0 Å². The fourth-order valence-corrected chi connectivity index (χ4v) is 5.11. The van der Waals surface area contributed by atoms with Crippen LogP contribution in [0.3, 0.4) is 0 Å². The molecule has 2 aliphatic heterocycles. The summed E-state index contributed by atoms with van der Waals surface area (Å²) in [6, 6.07) is 5.30. The van der Waals surface area contributed by atoms with E-state index in [2.05, 4.69) is 26.6 Å². The monoisotopic (exact) mass is 432 g/mol. The molecular weight excluding hydrogens is 408 g/mol. The number of amides is 2. The van der Waals surface area contributed by atoms with Gasteiger partial charge in [0, 0.05) is 30.7 Å². The number of carbonyl (C=O) groups excluding carboxylic acids is 2. The van der Waals surface area contributed by atoms with E-state index < -0.39 is 0 Å². The van der Waals surface area contributed by atoms with E-state index >= 15 is 0 Å². The predicted molar refractivity (Wildman–Crippen MR) is 115 cm³/mol. The molecule has 8 heteroatoms. The molecule has 0 bridgehead atoms. The highest BCUT2D eigenvalue weighted by Crippen LogP contribution is 2.26. The van der Waals surface area contributed by atoms with Crippen LogP contribution in [0.4, 0.5) is 5.82 Å². The lowest BCUT2D eigenvalue weighted by molar-refractivity contribution is -0.139. The molecule has 2 aromatic heterocycles. The van der Waals surface area contributed by atoms with Gasteiger partial charge in [0.1, 0.15) is 5.82 Å². The molecule has 1 saturated heterocycles. The lowest BCUT2D eigenvalue weighted by Gasteiger charge is -2.38. The standard InChI is InChI=1S/C21H25ClN4O2S/c1-14(21(28)26-9-6-18-15(12-26)7-10-29-18)25-8-2-3-16(13-25)20(27)24-19-5-4-17(22)11-23-19/h4-5,7,10-11,14,16H,2-3,6,8-9,12-13H2,1H3,(H,23,24,27). The maximum Gasteiger partial charge on any atom is 0.239 e. The first-order chi connectivity index (χ1) is 14.0. The van der Waals surface area contributed by atoms with Gasteiger partial charge in [0.15, 0.2) is 0 Å². The van der Waals surface area contributed by atoms with E-state index in [1.807, 2.05) is 11.8 Å². The maximum atomic E-state index is 13.1. The van der Waals surface area contributed by atoms with Crippen molar-refractivity contribution in [2.24, 2.45) is 5.92 Å². The minimum Gasteiger partial charge on any atom is -0.337 e. The van der Waals surface area contributed by atoms with Gasteiger partial charge in [-0.25, -0.2) is 4.98 Å². The Labute approximate surface area is 179 Å². The zero-order valence-corrected chi connectivity index (χ0v) is 18.0. The van der Waals surface area contributed by atoms with E-state index in [1.54, 1.807) is 23.5 Å². The molecule has 0 saturated carbocycles. The molecule has 2 aromatic rings. The Morgan fingerprint density at radius 3 is 2.97 bits per heavy atom. The summed E-state index contributed by atoms with van der Waals surface area (Å²) in [6.07, 6.45) is 4.17. The second-order valence-electron chi connectivity index (χ2n) is 7.74. The minimum absolute atomic E-state index is 0.0509. The number of anilines is 1. The minimum atomic E-state index is -0.223. The summed E-state index contributed by atoms with van der Waals surface area (Å²) in [5.41, 5.74) is 1.27. The van der Waals surface area contributed by atoms with Crippen LogP contribution in [0.25, 0.3) is 0 Å². The molecular formula is C21H25ClN4O2S. The van der Waals surface area contributed by atoms with Crippen molar-refractivity contribution in [3.8, 4) is 0 Å². The first kappa shape index (κ1) is 20.3. The Hall–Kier alpha value is -1.96. The Bertz CT molecular complexity index is 885. The lowest BCUT2D eigenvalue weighted by atomic mass is 9.95. The maximum absolute atomic E-state index is 13.1. The average molecular weight is 433 g/mol. The molecule has 1 N–H and O–H groups in total. The highest BCUT2D eigenvalue weighted by Gasteiger charge is 2.33. The van der Waals surface area contributed by atoms with Crippen LogP contribution < -0.4 is 5.32 Å². The smallest absolute Gasteiger partial charge is 0.239 e. The van der Waals surface area contributed by atoms with Crippen molar-refractivity contribution < 1.29 is 9.59 Å². The topological polar surface area (TPSA) is 65.5 Å². The van der Waals surface area contributed by atoms with E-state index in [0.717, 1.165) is 32.4 Å². The summed E-state index contributed by atoms with van der Waals surface area (Å²) in [4.78, 5) is 35.4. The van der Waals surface area contributed by atoms with Crippen molar-refractivity contribution in [3.63, 3.8) is 0 Å². The number of hydrogen-bond donors (Lipinski definition) is 1. The van der Waals surface area contributed by atoms with Crippen LogP contribution in [0.1, 0.15) is 30.2 Å². The Morgan fingerprint density at radius 1 is 1.31 bits per heavy atom. The number of aromatic nitrogens is 1. The summed E-state index contributed by atoms with van der Waals surface area (Å²) in [5, 5.41) is 5.51. The van der Waals surface area contributed by atoms with Gasteiger partial charge in [0.25, 0.3) is 0 Å². The van der Waals surface area contributed by atoms with Gasteiger partial charge in [-0.05, 0) is 61.9 Å². The molecule has 0 aromatic carbocycles. The fourth-order valence-electron chi connectivity index (χ4n) is 4.11. The van der Waals surface area contributed by atoms with Crippen molar-refractivity contribution >= 4 is 40.6 Å². The Kier molecular flexibility index (Phi) is 6.18. The quantitative estimate of drug-likeness (QED) is 0.803. The van der Waals surface area contributed by atoms with Crippen LogP contribution in [0, 0.1) is 5.92 Å². The molecule has 1 fully saturated rings. The highest BCUT2D eigenvalue weighted by molar-refractivity contribution is 7.10. The molecule has 4 heterocycles. The largest absolute Gasteiger partial charge is 0.337 e. The number of piperidine rings is 1. The molecule has 29 heavy (non-hydrogen) atoms. The van der Waals surface area contributed by atoms with Gasteiger partial charge in [-0.2, -0.15) is 0 Å². The first-order valence-electron chi connectivity index (χ1n) is 10.0. The number of halogens is 1. The van der Waals surface area contributed by atoms with Gasteiger partial charge in [-0.15, -0.1) is 11.3 Å². The number of pyridine rings is 1. The molecule has 0 aliphatic carbocycles. The zero-order chi connectivity index (χ0) is 20.4. The fraction of sp³-hybridized carbons (Fsp3) is 0.476. The molecule has 2 atom stereocenters. The summed E-state index contributed by atoms with van der Waals surface area (Å²) >= 11 is 7.62. The van der Waals surface area contributed by atoms with Crippen molar-refractivity contribution in [1.82, 2.24) is 14.8 Å². The van der Waals surface area contributed by atoms with Gasteiger partial charge < -0.3 is 10.2 Å². The third-order valence-corrected chi connectivity index (χ3v) is 7.07. The summed E-state index contributed by atoms with van der Waals surface area (Å²) < 4.78 is 0. The van der Waals surface area contributed by atoms with Gasteiger partial charge in [0.05, 0.1) is 17.0 Å². The lowest BCUT2D eigenvalue weighted by Crippen LogP contribution is -2.52. The van der Waals surface area contributed by atoms with E-state index in [1.165, 1.54) is 16.6 Å². The number of carbonyl (C=O) groups is 2. The number of nitrogens with one attached hydrogen (secondary N) is 1. The summed E-state index contributed by atoms with van der Waals surface area (Å²) in [6.45, 7) is 4.86. The molecule has 2 amide bonds. The van der Waals surface area contributed by atoms with Crippen molar-refractivity contribution in [3.05, 3.63) is 45.2 Å². The van der Waals surface area contributed by atoms with E-state index in [9.17, 15) is 9.59 Å². The number of likely N-dealkylation sites (tertiary alicyclic amines) is 1. The van der Waals surface area contributed by atoms with Crippen LogP contribution in [-0.4, -0.2) is 52.3 Å². The molecule has 6 nitrogen and oxygen atoms in total. The second kappa shape index (κ2) is 8.81. The Morgan fingerprint density at radius 2 is 2.17 bits per heavy atom. The molecule has 2 unspecified atom stereocenters. The SMILES string of the molecule is CC(C(=O)N1CCc2sccc2C1)N1CCCC(C(=O)Nc2ccc(Cl)cn2)C1. The average Bonchev–Trinajstić information content (AvgIpc) is 3.22. The number of hydrogen-bond acceptors (Lipinski definition) is 5. The third-order valence-electron chi connectivity index (χ3n) is 5.83. The molecule has 0 spiro atoms. The number of nitrogens with zero attached hydrogens (tertiary/aromatic N) is 3. The van der Waals surface area contributed by atoms with Crippen molar-refractivity contribution in [2.75, 3.05) is 25.0 Å². The van der Waals surface area contributed by atoms with Crippen LogP contribution >= 0.6 is 22.9 Å². The molecule has 2 aliphatic rings. The van der Waals surface area contributed by atoms with Gasteiger partial charge in [0.2, 0.25) is 11.8 Å². The number of fused-ring (bicyclic) bond motifs is 1. The molecule has 154 valence electrons. The highest BCUT2D eigenvalue weighted by atomic mass is 35.5. The summed E-state index contributed by atoms with van der Waals surface area (Å²) in [7, 11) is 0. The van der Waals surface area contributed by atoms with E-state index in [0.29, 0.717) is 23.9 Å². The Balaban J connectivity index is 1.35. The normalized spacial score (nSPS) is 20.8. The predicted octanol–water partition coefficient (Wildman–Crippen LogP) is 3.42. The number of thiophene rings is 1. The molecule has 0 radical (unpaired) electrons.